The number of hydrogen-bond acceptors (Lipinski definition) is 4. The summed E-state index contributed by atoms with van der Waals surface area (Å²) in [6, 6.07) is 0.436. The SMILES string of the molecule is Cl.Cl.NCC(N)CCCC[CH2][Hg][Cl].NCC(N)CCCC[CH2][Hg][Cl]. The van der Waals surface area contributed by atoms with Gasteiger partial charge in [-0.25, -0.2) is 0 Å². The molecule has 144 valence electrons. The molecular formula is C14H36Cl4Hg2N4. The average molecular weight is 803 g/mol. The maximum atomic E-state index is 5.75. The van der Waals surface area contributed by atoms with Gasteiger partial charge in [0, 0.05) is 0 Å². The first-order valence-corrected chi connectivity index (χ1v) is 30.0. The van der Waals surface area contributed by atoms with E-state index in [0.29, 0.717) is 13.1 Å². The predicted octanol–water partition coefficient (Wildman–Crippen LogP) is 3.82. The second-order valence-electron chi connectivity index (χ2n) is 5.78. The van der Waals surface area contributed by atoms with E-state index in [1.54, 1.807) is 0 Å². The fourth-order valence-corrected chi connectivity index (χ4v) is 9.48. The van der Waals surface area contributed by atoms with Crippen LogP contribution in [0.25, 0.3) is 0 Å². The Hall–Kier alpha value is 2.87. The summed E-state index contributed by atoms with van der Waals surface area (Å²) in [6.07, 6.45) is 9.84. The van der Waals surface area contributed by atoms with E-state index < -0.39 is 46.7 Å². The molecule has 0 saturated heterocycles. The van der Waals surface area contributed by atoms with Crippen LogP contribution in [0, 0.1) is 0 Å². The van der Waals surface area contributed by atoms with E-state index in [0.717, 1.165) is 12.8 Å². The fraction of sp³-hybridized carbons (Fsp3) is 1.00. The molecule has 0 aromatic rings. The zero-order chi connectivity index (χ0) is 17.1. The molecule has 0 aliphatic carbocycles. The molecule has 0 heterocycles. The molecule has 0 aliphatic heterocycles. The standard InChI is InChI=1S/2C7H17N2.4ClH.2Hg/c2*1-2-3-4-5-7(9)6-8;;;;;;/h2*7H,1-6,8-9H2;4*1H;;/q;;;;;;2*+1/p-2. The van der Waals surface area contributed by atoms with Crippen LogP contribution in [-0.2, 0) is 46.7 Å². The van der Waals surface area contributed by atoms with Crippen molar-refractivity contribution in [2.24, 2.45) is 22.9 Å². The molecular weight excluding hydrogens is 767 g/mol. The van der Waals surface area contributed by atoms with Crippen LogP contribution in [0.15, 0.2) is 0 Å². The minimum absolute atomic E-state index is 0. The molecule has 10 heteroatoms. The van der Waals surface area contributed by atoms with Gasteiger partial charge in [-0.2, -0.15) is 0 Å². The van der Waals surface area contributed by atoms with Gasteiger partial charge in [0.1, 0.15) is 0 Å². The van der Waals surface area contributed by atoms with Crippen LogP contribution >= 0.6 is 41.3 Å². The first kappa shape index (κ1) is 34.4. The van der Waals surface area contributed by atoms with Gasteiger partial charge < -0.3 is 0 Å². The Labute approximate surface area is 193 Å². The minimum atomic E-state index is -0.824. The molecule has 0 bridgehead atoms. The van der Waals surface area contributed by atoms with Crippen molar-refractivity contribution in [1.82, 2.24) is 0 Å². The van der Waals surface area contributed by atoms with Crippen molar-refractivity contribution in [3.05, 3.63) is 0 Å². The Balaban J connectivity index is -0.000000154. The summed E-state index contributed by atoms with van der Waals surface area (Å²) >= 11 is -1.65. The summed E-state index contributed by atoms with van der Waals surface area (Å²) in [5.41, 5.74) is 22.1. The maximum absolute atomic E-state index is 5.75. The van der Waals surface area contributed by atoms with Gasteiger partial charge in [-0.05, 0) is 0 Å². The molecule has 0 spiro atoms. The van der Waals surface area contributed by atoms with Gasteiger partial charge in [-0.3, -0.25) is 0 Å². The predicted molar refractivity (Wildman–Crippen MR) is 107 cm³/mol. The quantitative estimate of drug-likeness (QED) is 0.159. The average Bonchev–Trinajstić information content (AvgIpc) is 2.54. The molecule has 2 atom stereocenters. The molecule has 0 aromatic heterocycles. The van der Waals surface area contributed by atoms with Gasteiger partial charge in [-0.15, -0.1) is 24.8 Å². The van der Waals surface area contributed by atoms with Gasteiger partial charge in [0.05, 0.1) is 0 Å². The van der Waals surface area contributed by atoms with E-state index in [-0.39, 0.29) is 36.9 Å². The molecule has 0 fully saturated rings. The van der Waals surface area contributed by atoms with Crippen molar-refractivity contribution in [2.75, 3.05) is 13.1 Å². The Kier molecular flexibility index (Phi) is 43.8. The van der Waals surface area contributed by atoms with Crippen molar-refractivity contribution >= 4 is 41.3 Å². The van der Waals surface area contributed by atoms with Crippen LogP contribution in [0.4, 0.5) is 0 Å². The third-order valence-electron chi connectivity index (χ3n) is 3.52. The molecule has 0 aromatic carbocycles. The number of nitrogens with two attached hydrogens (primary N) is 4. The van der Waals surface area contributed by atoms with E-state index in [4.69, 9.17) is 39.4 Å². The van der Waals surface area contributed by atoms with Crippen LogP contribution in [0.1, 0.15) is 51.4 Å². The molecule has 0 aliphatic rings. The van der Waals surface area contributed by atoms with Crippen molar-refractivity contribution in [2.45, 2.75) is 71.3 Å². The third kappa shape index (κ3) is 32.5. The summed E-state index contributed by atoms with van der Waals surface area (Å²) in [7, 11) is 11.5. The van der Waals surface area contributed by atoms with Gasteiger partial charge >= 0.3 is 171 Å². The van der Waals surface area contributed by atoms with Crippen LogP contribution in [-0.4, -0.2) is 25.2 Å². The second kappa shape index (κ2) is 30.6. The monoisotopic (exact) mass is 804 g/mol. The first-order valence-electron chi connectivity index (χ1n) is 8.65. The second-order valence-corrected chi connectivity index (χ2v) is 20.8. The van der Waals surface area contributed by atoms with E-state index in [9.17, 15) is 0 Å². The summed E-state index contributed by atoms with van der Waals surface area (Å²) < 4.78 is 2.69. The van der Waals surface area contributed by atoms with Crippen LogP contribution in [0.5, 0.6) is 0 Å². The van der Waals surface area contributed by atoms with Gasteiger partial charge in [0.15, 0.2) is 0 Å². The van der Waals surface area contributed by atoms with E-state index >= 15 is 0 Å². The van der Waals surface area contributed by atoms with Crippen molar-refractivity contribution < 1.29 is 46.7 Å². The van der Waals surface area contributed by atoms with Crippen molar-refractivity contribution in [1.29, 1.82) is 0 Å². The fourth-order valence-electron chi connectivity index (χ4n) is 1.94. The number of hydrogen-bond donors (Lipinski definition) is 4. The number of unbranched alkanes of at least 4 members (excludes halogenated alkanes) is 4. The Morgan fingerprint density at radius 2 is 0.958 bits per heavy atom. The van der Waals surface area contributed by atoms with Crippen LogP contribution in [0.2, 0.25) is 7.86 Å². The molecule has 4 nitrogen and oxygen atoms in total. The molecule has 0 saturated carbocycles. The Morgan fingerprint density at radius 1 is 0.625 bits per heavy atom. The van der Waals surface area contributed by atoms with Gasteiger partial charge in [-0.1, -0.05) is 0 Å². The molecule has 0 radical (unpaired) electrons. The molecule has 0 rings (SSSR count). The normalized spacial score (nSPS) is 11.6. The summed E-state index contributed by atoms with van der Waals surface area (Å²) in [5.74, 6) is 0. The summed E-state index contributed by atoms with van der Waals surface area (Å²) in [5, 5.41) is 0. The summed E-state index contributed by atoms with van der Waals surface area (Å²) in [6.45, 7) is 1.24. The Morgan fingerprint density at radius 3 is 1.21 bits per heavy atom. The molecule has 2 unspecified atom stereocenters. The van der Waals surface area contributed by atoms with E-state index in [1.165, 1.54) is 46.4 Å². The zero-order valence-corrected chi connectivity index (χ0v) is 29.1. The zero-order valence-electron chi connectivity index (χ0n) is 14.9. The summed E-state index contributed by atoms with van der Waals surface area (Å²) in [4.78, 5) is 0. The van der Waals surface area contributed by atoms with Gasteiger partial charge in [0.2, 0.25) is 0 Å². The van der Waals surface area contributed by atoms with Gasteiger partial charge in [0.25, 0.3) is 0 Å². The molecule has 8 N–H and O–H groups in total. The van der Waals surface area contributed by atoms with Crippen LogP contribution < -0.4 is 22.9 Å². The van der Waals surface area contributed by atoms with E-state index in [1.807, 2.05) is 0 Å². The van der Waals surface area contributed by atoms with Crippen LogP contribution in [0.3, 0.4) is 0 Å². The first-order chi connectivity index (χ1) is 10.6. The topological polar surface area (TPSA) is 104 Å². The number of rotatable bonds is 14. The van der Waals surface area contributed by atoms with E-state index in [2.05, 4.69) is 0 Å². The number of halogens is 4. The van der Waals surface area contributed by atoms with Crippen molar-refractivity contribution in [3.63, 3.8) is 0 Å². The molecule has 24 heavy (non-hydrogen) atoms. The third-order valence-corrected chi connectivity index (χ3v) is 14.2. The molecule has 0 amide bonds. The Bertz CT molecular complexity index is 192. The van der Waals surface area contributed by atoms with Crippen molar-refractivity contribution in [3.8, 4) is 0 Å².